The van der Waals surface area contributed by atoms with Crippen molar-refractivity contribution in [1.29, 1.82) is 0 Å². The number of halogens is 1. The third kappa shape index (κ3) is 2.98. The molecule has 2 atom stereocenters. The molecule has 1 aromatic rings. The zero-order valence-corrected chi connectivity index (χ0v) is 13.5. The summed E-state index contributed by atoms with van der Waals surface area (Å²) in [6.45, 7) is 3.97. The second-order valence-corrected chi connectivity index (χ2v) is 6.96. The summed E-state index contributed by atoms with van der Waals surface area (Å²) in [6, 6.07) is 2.54. The van der Waals surface area contributed by atoms with Gasteiger partial charge in [0, 0.05) is 16.4 Å². The topological polar surface area (TPSA) is 70.5 Å². The van der Waals surface area contributed by atoms with E-state index in [0.717, 1.165) is 4.47 Å². The summed E-state index contributed by atoms with van der Waals surface area (Å²) in [5.41, 5.74) is 0.271. The molecule has 2 unspecified atom stereocenters. The number of carbonyl (C=O) groups is 2. The number of carbonyl (C=O) groups excluding carboxylic acids is 1. The second-order valence-electron chi connectivity index (χ2n) is 4.90. The molecule has 0 radical (unpaired) electrons. The number of hydrogen-bond donors (Lipinski definition) is 1. The first kappa shape index (κ1) is 15.3. The van der Waals surface area contributed by atoms with Crippen LogP contribution in [0.2, 0.25) is 0 Å². The first-order chi connectivity index (χ1) is 9.41. The molecule has 1 N–H and O–H groups in total. The van der Waals surface area contributed by atoms with E-state index in [4.69, 9.17) is 0 Å². The Morgan fingerprint density at radius 2 is 2.20 bits per heavy atom. The molecule has 1 amide bonds. The summed E-state index contributed by atoms with van der Waals surface area (Å²) < 4.78 is 0.778. The molecular weight excluding hydrogens is 344 g/mol. The van der Waals surface area contributed by atoms with Crippen LogP contribution in [-0.4, -0.2) is 44.0 Å². The highest BCUT2D eigenvalue weighted by molar-refractivity contribution is 9.10. The number of amides is 1. The molecule has 0 aromatic carbocycles. The van der Waals surface area contributed by atoms with Crippen molar-refractivity contribution in [2.24, 2.45) is 5.92 Å². The van der Waals surface area contributed by atoms with E-state index >= 15 is 0 Å². The standard InChI is InChI=1S/C13H15BrN2O3S/c1-7(2)12-16(10(6-20-12)13(18)19)11(17)9-4-3-8(14)5-15-9/h3-5,7,10,12H,6H2,1-2H3,(H,18,19). The summed E-state index contributed by atoms with van der Waals surface area (Å²) in [6.07, 6.45) is 1.54. The lowest BCUT2D eigenvalue weighted by atomic mass is 10.1. The predicted molar refractivity (Wildman–Crippen MR) is 80.6 cm³/mol. The van der Waals surface area contributed by atoms with Gasteiger partial charge >= 0.3 is 5.97 Å². The van der Waals surface area contributed by atoms with Gasteiger partial charge in [0.05, 0.1) is 5.37 Å². The maximum Gasteiger partial charge on any atom is 0.327 e. The fourth-order valence-corrected chi connectivity index (χ4v) is 3.83. The van der Waals surface area contributed by atoms with Gasteiger partial charge in [-0.25, -0.2) is 9.78 Å². The molecule has 1 aliphatic rings. The van der Waals surface area contributed by atoms with Crippen molar-refractivity contribution in [1.82, 2.24) is 9.88 Å². The molecule has 0 spiro atoms. The van der Waals surface area contributed by atoms with Crippen LogP contribution in [0.15, 0.2) is 22.8 Å². The van der Waals surface area contributed by atoms with Gasteiger partial charge in [-0.2, -0.15) is 0 Å². The summed E-state index contributed by atoms with van der Waals surface area (Å²) >= 11 is 4.77. The zero-order valence-electron chi connectivity index (χ0n) is 11.1. The highest BCUT2D eigenvalue weighted by Crippen LogP contribution is 2.35. The molecule has 108 valence electrons. The lowest BCUT2D eigenvalue weighted by Gasteiger charge is -2.29. The monoisotopic (exact) mass is 358 g/mol. The Morgan fingerprint density at radius 3 is 2.70 bits per heavy atom. The number of hydrogen-bond acceptors (Lipinski definition) is 4. The summed E-state index contributed by atoms with van der Waals surface area (Å²) in [5.74, 6) is -0.691. The number of pyridine rings is 1. The summed E-state index contributed by atoms with van der Waals surface area (Å²) in [7, 11) is 0. The molecule has 20 heavy (non-hydrogen) atoms. The number of thioether (sulfide) groups is 1. The fourth-order valence-electron chi connectivity index (χ4n) is 2.12. The minimum Gasteiger partial charge on any atom is -0.480 e. The Morgan fingerprint density at radius 1 is 1.50 bits per heavy atom. The van der Waals surface area contributed by atoms with E-state index in [2.05, 4.69) is 20.9 Å². The lowest BCUT2D eigenvalue weighted by molar-refractivity contribution is -0.141. The maximum atomic E-state index is 12.6. The Balaban J connectivity index is 2.31. The van der Waals surface area contributed by atoms with Crippen LogP contribution in [0.5, 0.6) is 0 Å². The molecule has 0 aliphatic carbocycles. The van der Waals surface area contributed by atoms with Crippen LogP contribution >= 0.6 is 27.7 Å². The molecule has 5 nitrogen and oxygen atoms in total. The van der Waals surface area contributed by atoms with Crippen molar-refractivity contribution in [3.05, 3.63) is 28.5 Å². The maximum absolute atomic E-state index is 12.6. The Labute approximate surface area is 129 Å². The van der Waals surface area contributed by atoms with E-state index in [-0.39, 0.29) is 22.9 Å². The number of aromatic nitrogens is 1. The van der Waals surface area contributed by atoms with Gasteiger partial charge in [-0.05, 0) is 34.0 Å². The number of carboxylic acid groups (broad SMARTS) is 1. The molecule has 1 aromatic heterocycles. The molecule has 7 heteroatoms. The van der Waals surface area contributed by atoms with Crippen LogP contribution < -0.4 is 0 Å². The normalized spacial score (nSPS) is 22.3. The van der Waals surface area contributed by atoms with E-state index < -0.39 is 12.0 Å². The van der Waals surface area contributed by atoms with Gasteiger partial charge in [0.15, 0.2) is 0 Å². The van der Waals surface area contributed by atoms with Gasteiger partial charge in [-0.3, -0.25) is 4.79 Å². The lowest BCUT2D eigenvalue weighted by Crippen LogP contribution is -2.47. The molecule has 0 saturated carbocycles. The SMILES string of the molecule is CC(C)C1SCC(C(=O)O)N1C(=O)c1ccc(Br)cn1. The van der Waals surface area contributed by atoms with E-state index in [1.165, 1.54) is 22.9 Å². The minimum atomic E-state index is -0.967. The average molecular weight is 359 g/mol. The van der Waals surface area contributed by atoms with E-state index in [1.807, 2.05) is 13.8 Å². The highest BCUT2D eigenvalue weighted by atomic mass is 79.9. The second kappa shape index (κ2) is 6.13. The smallest absolute Gasteiger partial charge is 0.327 e. The average Bonchev–Trinajstić information content (AvgIpc) is 2.83. The van der Waals surface area contributed by atoms with Gasteiger partial charge in [-0.15, -0.1) is 11.8 Å². The quantitative estimate of drug-likeness (QED) is 0.898. The molecular formula is C13H15BrN2O3S. The van der Waals surface area contributed by atoms with Crippen molar-refractivity contribution in [2.75, 3.05) is 5.75 Å². The van der Waals surface area contributed by atoms with Crippen LogP contribution in [0.1, 0.15) is 24.3 Å². The van der Waals surface area contributed by atoms with Crippen LogP contribution in [0.25, 0.3) is 0 Å². The van der Waals surface area contributed by atoms with Crippen LogP contribution in [-0.2, 0) is 4.79 Å². The van der Waals surface area contributed by atoms with Gasteiger partial charge < -0.3 is 10.0 Å². The van der Waals surface area contributed by atoms with Crippen molar-refractivity contribution >= 4 is 39.6 Å². The highest BCUT2D eigenvalue weighted by Gasteiger charge is 2.43. The largest absolute Gasteiger partial charge is 0.480 e. The number of aliphatic carboxylic acids is 1. The van der Waals surface area contributed by atoms with E-state index in [9.17, 15) is 14.7 Å². The van der Waals surface area contributed by atoms with Crippen LogP contribution in [0, 0.1) is 5.92 Å². The Kier molecular flexibility index (Phi) is 4.70. The number of rotatable bonds is 3. The zero-order chi connectivity index (χ0) is 14.9. The first-order valence-corrected chi connectivity index (χ1v) is 8.04. The molecule has 0 bridgehead atoms. The first-order valence-electron chi connectivity index (χ1n) is 6.20. The molecule has 1 aliphatic heterocycles. The van der Waals surface area contributed by atoms with E-state index in [1.54, 1.807) is 12.1 Å². The molecule has 2 heterocycles. The van der Waals surface area contributed by atoms with E-state index in [0.29, 0.717) is 5.75 Å². The van der Waals surface area contributed by atoms with Crippen LogP contribution in [0.4, 0.5) is 0 Å². The molecule has 2 rings (SSSR count). The number of nitrogens with zero attached hydrogens (tertiary/aromatic N) is 2. The number of carboxylic acids is 1. The van der Waals surface area contributed by atoms with Gasteiger partial charge in [0.25, 0.3) is 5.91 Å². The predicted octanol–water partition coefficient (Wildman–Crippen LogP) is 2.47. The van der Waals surface area contributed by atoms with Crippen molar-refractivity contribution in [2.45, 2.75) is 25.3 Å². The summed E-state index contributed by atoms with van der Waals surface area (Å²) in [4.78, 5) is 29.4. The van der Waals surface area contributed by atoms with Crippen LogP contribution in [0.3, 0.4) is 0 Å². The molecule has 1 fully saturated rings. The van der Waals surface area contributed by atoms with Crippen molar-refractivity contribution in [3.8, 4) is 0 Å². The third-order valence-electron chi connectivity index (χ3n) is 3.07. The Bertz CT molecular complexity index is 521. The summed E-state index contributed by atoms with van der Waals surface area (Å²) in [5, 5.41) is 9.16. The Hall–Kier alpha value is -1.08. The third-order valence-corrected chi connectivity index (χ3v) is 5.16. The van der Waals surface area contributed by atoms with Crippen molar-refractivity contribution in [3.63, 3.8) is 0 Å². The van der Waals surface area contributed by atoms with Gasteiger partial charge in [0.2, 0.25) is 0 Å². The molecule has 1 saturated heterocycles. The van der Waals surface area contributed by atoms with Crippen molar-refractivity contribution < 1.29 is 14.7 Å². The minimum absolute atomic E-state index is 0.131. The fraction of sp³-hybridized carbons (Fsp3) is 0.462. The van der Waals surface area contributed by atoms with Gasteiger partial charge in [-0.1, -0.05) is 13.8 Å². The van der Waals surface area contributed by atoms with Gasteiger partial charge in [0.1, 0.15) is 11.7 Å².